The number of nitrogens with zero attached hydrogens (tertiary/aromatic N) is 1. The number of sulfone groups is 1. The van der Waals surface area contributed by atoms with E-state index in [1.165, 1.54) is 38.3 Å². The Morgan fingerprint density at radius 3 is 2.33 bits per heavy atom. The van der Waals surface area contributed by atoms with Gasteiger partial charge in [0.05, 0.1) is 25.7 Å². The molecule has 0 saturated carbocycles. The predicted octanol–water partition coefficient (Wildman–Crippen LogP) is 0.906. The summed E-state index contributed by atoms with van der Waals surface area (Å²) in [5, 5.41) is 0. The Balaban J connectivity index is 1.88. The summed E-state index contributed by atoms with van der Waals surface area (Å²) in [6.45, 7) is -0.447. The van der Waals surface area contributed by atoms with E-state index in [0.717, 1.165) is 0 Å². The first kappa shape index (κ1) is 20.8. The van der Waals surface area contributed by atoms with Crippen LogP contribution in [0.2, 0.25) is 0 Å². The van der Waals surface area contributed by atoms with E-state index in [0.29, 0.717) is 23.5 Å². The number of carbonyl (C=O) groups is 2. The molecule has 1 fully saturated rings. The van der Waals surface area contributed by atoms with E-state index in [-0.39, 0.29) is 17.5 Å². The van der Waals surface area contributed by atoms with Gasteiger partial charge in [0, 0.05) is 25.2 Å². The van der Waals surface area contributed by atoms with E-state index in [1.807, 2.05) is 0 Å². The van der Waals surface area contributed by atoms with Gasteiger partial charge in [-0.3, -0.25) is 4.79 Å². The van der Waals surface area contributed by atoms with Gasteiger partial charge in [-0.25, -0.2) is 13.2 Å². The fourth-order valence-electron chi connectivity index (χ4n) is 2.66. The first-order chi connectivity index (χ1) is 12.7. The fraction of sp³-hybridized carbons (Fsp3) is 0.444. The average molecular weight is 397 g/mol. The number of amides is 1. The SMILES string of the molecule is COc1cc(/C=C/C(=O)OCC(=O)N(C)[C@H]2CCS(=O)(=O)C2)cc(OC)c1. The topological polar surface area (TPSA) is 99.2 Å². The van der Waals surface area contributed by atoms with Crippen LogP contribution in [0.25, 0.3) is 6.08 Å². The van der Waals surface area contributed by atoms with Gasteiger partial charge in [-0.05, 0) is 30.2 Å². The minimum Gasteiger partial charge on any atom is -0.497 e. The predicted molar refractivity (Wildman–Crippen MR) is 99.4 cm³/mol. The highest BCUT2D eigenvalue weighted by Crippen LogP contribution is 2.23. The summed E-state index contributed by atoms with van der Waals surface area (Å²) < 4.78 is 38.2. The number of hydrogen-bond donors (Lipinski definition) is 0. The molecule has 1 amide bonds. The number of likely N-dealkylation sites (N-methyl/N-ethyl adjacent to an activating group) is 1. The van der Waals surface area contributed by atoms with Gasteiger partial charge in [0.25, 0.3) is 5.91 Å². The summed E-state index contributed by atoms with van der Waals surface area (Å²) in [5.41, 5.74) is 0.669. The summed E-state index contributed by atoms with van der Waals surface area (Å²) in [7, 11) is 1.47. The number of esters is 1. The molecule has 27 heavy (non-hydrogen) atoms. The summed E-state index contributed by atoms with van der Waals surface area (Å²) in [6.07, 6.45) is 3.11. The highest BCUT2D eigenvalue weighted by molar-refractivity contribution is 7.91. The van der Waals surface area contributed by atoms with Crippen molar-refractivity contribution in [1.29, 1.82) is 0 Å². The smallest absolute Gasteiger partial charge is 0.331 e. The summed E-state index contributed by atoms with van der Waals surface area (Å²) in [6, 6.07) is 4.76. The second-order valence-electron chi connectivity index (χ2n) is 6.15. The van der Waals surface area contributed by atoms with Gasteiger partial charge in [0.1, 0.15) is 11.5 Å². The third-order valence-electron chi connectivity index (χ3n) is 4.27. The van der Waals surface area contributed by atoms with Gasteiger partial charge in [0.2, 0.25) is 0 Å². The van der Waals surface area contributed by atoms with Crippen LogP contribution in [0.4, 0.5) is 0 Å². The molecule has 1 aromatic rings. The van der Waals surface area contributed by atoms with Crippen molar-refractivity contribution in [3.05, 3.63) is 29.8 Å². The number of ether oxygens (including phenoxy) is 3. The van der Waals surface area contributed by atoms with Crippen LogP contribution in [0.5, 0.6) is 11.5 Å². The molecule has 1 saturated heterocycles. The minimum absolute atomic E-state index is 0.0548. The zero-order valence-electron chi connectivity index (χ0n) is 15.5. The molecule has 1 aromatic carbocycles. The standard InChI is InChI=1S/C18H23NO7S/c1-19(14-6-7-27(22,23)12-14)17(20)11-26-18(21)5-4-13-8-15(24-2)10-16(9-13)25-3/h4-5,8-10,14H,6-7,11-12H2,1-3H3/b5-4+/t14-/m0/s1. The zero-order chi connectivity index (χ0) is 20.0. The van der Waals surface area contributed by atoms with Crippen molar-refractivity contribution in [2.24, 2.45) is 0 Å². The molecular weight excluding hydrogens is 374 g/mol. The molecule has 0 aromatic heterocycles. The van der Waals surface area contributed by atoms with E-state index >= 15 is 0 Å². The Morgan fingerprint density at radius 2 is 1.81 bits per heavy atom. The van der Waals surface area contributed by atoms with Gasteiger partial charge >= 0.3 is 5.97 Å². The molecule has 8 nitrogen and oxygen atoms in total. The molecule has 148 valence electrons. The highest BCUT2D eigenvalue weighted by Gasteiger charge is 2.32. The molecule has 0 spiro atoms. The van der Waals surface area contributed by atoms with Gasteiger partial charge in [-0.15, -0.1) is 0 Å². The monoisotopic (exact) mass is 397 g/mol. The normalized spacial score (nSPS) is 18.3. The molecule has 0 radical (unpaired) electrons. The molecule has 0 unspecified atom stereocenters. The lowest BCUT2D eigenvalue weighted by Crippen LogP contribution is -2.40. The number of hydrogen-bond acceptors (Lipinski definition) is 7. The van der Waals surface area contributed by atoms with Crippen molar-refractivity contribution < 1.29 is 32.2 Å². The van der Waals surface area contributed by atoms with E-state index in [9.17, 15) is 18.0 Å². The molecule has 2 rings (SSSR count). The molecule has 1 atom stereocenters. The third kappa shape index (κ3) is 5.99. The quantitative estimate of drug-likeness (QED) is 0.498. The molecule has 9 heteroatoms. The largest absolute Gasteiger partial charge is 0.497 e. The number of carbonyl (C=O) groups excluding carboxylic acids is 2. The lowest BCUT2D eigenvalue weighted by atomic mass is 10.2. The molecule has 1 aliphatic rings. The van der Waals surface area contributed by atoms with Crippen LogP contribution in [-0.4, -0.2) is 70.6 Å². The van der Waals surface area contributed by atoms with Crippen LogP contribution >= 0.6 is 0 Å². The number of rotatable bonds is 7. The van der Waals surface area contributed by atoms with Crippen molar-refractivity contribution in [1.82, 2.24) is 4.90 Å². The van der Waals surface area contributed by atoms with Crippen LogP contribution in [0.15, 0.2) is 24.3 Å². The van der Waals surface area contributed by atoms with Gasteiger partial charge in [-0.1, -0.05) is 0 Å². The van der Waals surface area contributed by atoms with Crippen molar-refractivity contribution in [3.8, 4) is 11.5 Å². The number of methoxy groups -OCH3 is 2. The number of benzene rings is 1. The molecule has 0 aliphatic carbocycles. The fourth-order valence-corrected chi connectivity index (χ4v) is 4.43. The third-order valence-corrected chi connectivity index (χ3v) is 6.02. The second-order valence-corrected chi connectivity index (χ2v) is 8.38. The lowest BCUT2D eigenvalue weighted by molar-refractivity contribution is -0.148. The first-order valence-corrected chi connectivity index (χ1v) is 10.1. The van der Waals surface area contributed by atoms with E-state index in [2.05, 4.69) is 0 Å². The van der Waals surface area contributed by atoms with Crippen LogP contribution in [0.3, 0.4) is 0 Å². The molecular formula is C18H23NO7S. The van der Waals surface area contributed by atoms with Crippen LogP contribution in [0.1, 0.15) is 12.0 Å². The van der Waals surface area contributed by atoms with Gasteiger partial charge in [0.15, 0.2) is 16.4 Å². The Hall–Kier alpha value is -2.55. The van der Waals surface area contributed by atoms with Crippen LogP contribution < -0.4 is 9.47 Å². The highest BCUT2D eigenvalue weighted by atomic mass is 32.2. The first-order valence-electron chi connectivity index (χ1n) is 8.28. The van der Waals surface area contributed by atoms with Gasteiger partial charge in [-0.2, -0.15) is 0 Å². The van der Waals surface area contributed by atoms with Crippen LogP contribution in [-0.2, 0) is 24.2 Å². The molecule has 1 aliphatic heterocycles. The summed E-state index contributed by atoms with van der Waals surface area (Å²) in [5.74, 6) is 0.0404. The Kier molecular flexibility index (Phi) is 6.84. The Morgan fingerprint density at radius 1 is 1.19 bits per heavy atom. The van der Waals surface area contributed by atoms with Crippen molar-refractivity contribution in [3.63, 3.8) is 0 Å². The lowest BCUT2D eigenvalue weighted by Gasteiger charge is -2.22. The summed E-state index contributed by atoms with van der Waals surface area (Å²) in [4.78, 5) is 25.2. The van der Waals surface area contributed by atoms with Crippen molar-refractivity contribution in [2.75, 3.05) is 39.4 Å². The van der Waals surface area contributed by atoms with E-state index in [4.69, 9.17) is 14.2 Å². The van der Waals surface area contributed by atoms with E-state index in [1.54, 1.807) is 18.2 Å². The van der Waals surface area contributed by atoms with Gasteiger partial charge < -0.3 is 19.1 Å². The average Bonchev–Trinajstić information content (AvgIpc) is 3.03. The minimum atomic E-state index is -3.09. The Bertz CT molecular complexity index is 810. The van der Waals surface area contributed by atoms with E-state index < -0.39 is 28.3 Å². The molecule has 0 N–H and O–H groups in total. The van der Waals surface area contributed by atoms with Crippen LogP contribution in [0, 0.1) is 0 Å². The molecule has 0 bridgehead atoms. The molecule has 1 heterocycles. The summed E-state index contributed by atoms with van der Waals surface area (Å²) >= 11 is 0. The maximum atomic E-state index is 12.1. The Labute approximate surface area is 158 Å². The zero-order valence-corrected chi connectivity index (χ0v) is 16.3. The maximum absolute atomic E-state index is 12.1. The van der Waals surface area contributed by atoms with Crippen molar-refractivity contribution in [2.45, 2.75) is 12.5 Å². The second kappa shape index (κ2) is 8.90. The van der Waals surface area contributed by atoms with Crippen molar-refractivity contribution >= 4 is 27.8 Å². The maximum Gasteiger partial charge on any atom is 0.331 e.